The highest BCUT2D eigenvalue weighted by atomic mass is 16.5. The number of benzene rings is 2. The largest absolute Gasteiger partial charge is 0.426 e. The Balaban J connectivity index is 1.50. The summed E-state index contributed by atoms with van der Waals surface area (Å²) in [6.45, 7) is 4.29. The van der Waals surface area contributed by atoms with E-state index in [4.69, 9.17) is 4.74 Å². The van der Waals surface area contributed by atoms with Gasteiger partial charge in [-0.25, -0.2) is 0 Å². The third-order valence-electron chi connectivity index (χ3n) is 5.01. The van der Waals surface area contributed by atoms with Crippen LogP contribution < -0.4 is 4.74 Å². The summed E-state index contributed by atoms with van der Waals surface area (Å²) in [4.78, 5) is 12.3. The van der Waals surface area contributed by atoms with Crippen LogP contribution in [-0.4, -0.2) is 18.4 Å². The Morgan fingerprint density at radius 2 is 1.41 bits per heavy atom. The molecule has 0 aromatic heterocycles. The predicted molar refractivity (Wildman–Crippen MR) is 110 cm³/mol. The molecule has 4 nitrogen and oxygen atoms in total. The fourth-order valence-electron chi connectivity index (χ4n) is 3.17. The Morgan fingerprint density at radius 1 is 0.889 bits per heavy atom. The van der Waals surface area contributed by atoms with Crippen molar-refractivity contribution in [2.45, 2.75) is 39.5 Å². The summed E-state index contributed by atoms with van der Waals surface area (Å²) >= 11 is 0. The third kappa shape index (κ3) is 5.88. The van der Waals surface area contributed by atoms with E-state index in [1.54, 1.807) is 24.6 Å². The molecule has 0 unspecified atom stereocenters. The smallest absolute Gasteiger partial charge is 0.314 e. The van der Waals surface area contributed by atoms with Gasteiger partial charge < -0.3 is 4.74 Å². The van der Waals surface area contributed by atoms with Gasteiger partial charge in [-0.2, -0.15) is 10.2 Å². The van der Waals surface area contributed by atoms with Crippen LogP contribution in [0.3, 0.4) is 0 Å². The highest BCUT2D eigenvalue weighted by molar-refractivity contribution is 5.83. The lowest BCUT2D eigenvalue weighted by molar-refractivity contribution is -0.140. The fourth-order valence-corrected chi connectivity index (χ4v) is 3.17. The number of ether oxygens (including phenoxy) is 1. The van der Waals surface area contributed by atoms with Gasteiger partial charge >= 0.3 is 5.97 Å². The Kier molecular flexibility index (Phi) is 6.53. The topological polar surface area (TPSA) is 51.0 Å². The minimum absolute atomic E-state index is 0.0403. The lowest BCUT2D eigenvalue weighted by atomic mass is 9.83. The van der Waals surface area contributed by atoms with Crippen LogP contribution in [0.15, 0.2) is 58.7 Å². The molecule has 0 spiro atoms. The second kappa shape index (κ2) is 9.26. The first kappa shape index (κ1) is 19.0. The van der Waals surface area contributed by atoms with Crippen LogP contribution in [0.5, 0.6) is 5.75 Å². The van der Waals surface area contributed by atoms with E-state index in [0.29, 0.717) is 5.75 Å². The number of nitrogens with zero attached hydrogens (tertiary/aromatic N) is 2. The van der Waals surface area contributed by atoms with Crippen molar-refractivity contribution in [3.05, 3.63) is 65.2 Å². The van der Waals surface area contributed by atoms with Crippen molar-refractivity contribution in [1.29, 1.82) is 0 Å². The summed E-state index contributed by atoms with van der Waals surface area (Å²) in [6, 6.07) is 15.4. The molecule has 0 heterocycles. The van der Waals surface area contributed by atoms with Crippen molar-refractivity contribution in [3.63, 3.8) is 0 Å². The van der Waals surface area contributed by atoms with Gasteiger partial charge in [0.15, 0.2) is 0 Å². The maximum absolute atomic E-state index is 12.3. The van der Waals surface area contributed by atoms with E-state index >= 15 is 0 Å². The molecule has 0 saturated heterocycles. The normalized spacial score (nSPS) is 20.2. The van der Waals surface area contributed by atoms with Crippen molar-refractivity contribution in [2.75, 3.05) is 0 Å². The van der Waals surface area contributed by atoms with E-state index < -0.39 is 0 Å². The van der Waals surface area contributed by atoms with Gasteiger partial charge in [0.2, 0.25) is 0 Å². The number of esters is 1. The average molecular weight is 362 g/mol. The van der Waals surface area contributed by atoms with E-state index in [9.17, 15) is 4.79 Å². The molecule has 0 radical (unpaired) electrons. The minimum atomic E-state index is -0.106. The summed E-state index contributed by atoms with van der Waals surface area (Å²) in [7, 11) is 0. The quantitative estimate of drug-likeness (QED) is 0.318. The highest BCUT2D eigenvalue weighted by Crippen LogP contribution is 2.29. The number of hydrogen-bond donors (Lipinski definition) is 0. The monoisotopic (exact) mass is 362 g/mol. The third-order valence-corrected chi connectivity index (χ3v) is 5.01. The first-order valence-corrected chi connectivity index (χ1v) is 9.55. The molecule has 3 rings (SSSR count). The number of hydrogen-bond acceptors (Lipinski definition) is 4. The lowest BCUT2D eigenvalue weighted by Crippen LogP contribution is -2.24. The van der Waals surface area contributed by atoms with Gasteiger partial charge in [-0.05, 0) is 73.9 Å². The lowest BCUT2D eigenvalue weighted by Gasteiger charge is -2.24. The van der Waals surface area contributed by atoms with E-state index in [1.165, 1.54) is 5.56 Å². The molecule has 0 N–H and O–H groups in total. The molecule has 27 heavy (non-hydrogen) atoms. The molecule has 4 heteroatoms. The fraction of sp³-hybridized carbons (Fsp3) is 0.348. The molecule has 0 amide bonds. The second-order valence-electron chi connectivity index (χ2n) is 7.35. The van der Waals surface area contributed by atoms with Gasteiger partial charge in [-0.15, -0.1) is 0 Å². The minimum Gasteiger partial charge on any atom is -0.426 e. The summed E-state index contributed by atoms with van der Waals surface area (Å²) in [6.07, 6.45) is 7.49. The highest BCUT2D eigenvalue weighted by Gasteiger charge is 2.25. The molecular weight excluding hydrogens is 336 g/mol. The van der Waals surface area contributed by atoms with Crippen molar-refractivity contribution in [1.82, 2.24) is 0 Å². The van der Waals surface area contributed by atoms with Gasteiger partial charge in [0.05, 0.1) is 18.3 Å². The molecule has 140 valence electrons. The molecule has 1 saturated carbocycles. The number of aryl methyl sites for hydroxylation is 1. The van der Waals surface area contributed by atoms with E-state index in [-0.39, 0.29) is 11.9 Å². The summed E-state index contributed by atoms with van der Waals surface area (Å²) in [5.41, 5.74) is 3.13. The van der Waals surface area contributed by atoms with Crippen LogP contribution in [-0.2, 0) is 4.79 Å². The van der Waals surface area contributed by atoms with E-state index in [1.807, 2.05) is 36.4 Å². The molecule has 0 atom stereocenters. The summed E-state index contributed by atoms with van der Waals surface area (Å²) in [5.74, 6) is 1.24. The van der Waals surface area contributed by atoms with Gasteiger partial charge in [-0.3, -0.25) is 4.79 Å². The Bertz CT molecular complexity index is 799. The van der Waals surface area contributed by atoms with Crippen molar-refractivity contribution < 1.29 is 9.53 Å². The molecule has 1 aliphatic carbocycles. The molecule has 2 aromatic carbocycles. The van der Waals surface area contributed by atoms with Crippen LogP contribution in [0.4, 0.5) is 0 Å². The van der Waals surface area contributed by atoms with Gasteiger partial charge in [-0.1, -0.05) is 36.8 Å². The molecule has 0 aliphatic heterocycles. The predicted octanol–water partition coefficient (Wildman–Crippen LogP) is 5.18. The standard InChI is InChI=1S/C23H26N2O2/c1-17-3-7-19(8-4-17)15-24-25-16-20-9-13-22(14-10-20)27-23(26)21-11-5-18(2)6-12-21/h3-4,7-10,13-16,18,21H,5-6,11-12H2,1-2H3/b24-15-,25-16-. The Labute approximate surface area is 161 Å². The average Bonchev–Trinajstić information content (AvgIpc) is 2.68. The van der Waals surface area contributed by atoms with E-state index in [0.717, 1.165) is 42.7 Å². The first-order chi connectivity index (χ1) is 13.1. The van der Waals surface area contributed by atoms with Gasteiger partial charge in [0.25, 0.3) is 0 Å². The van der Waals surface area contributed by atoms with Crippen molar-refractivity contribution in [2.24, 2.45) is 22.0 Å². The van der Waals surface area contributed by atoms with Crippen LogP contribution in [0.25, 0.3) is 0 Å². The molecule has 0 bridgehead atoms. The zero-order chi connectivity index (χ0) is 19.1. The molecule has 1 fully saturated rings. The van der Waals surface area contributed by atoms with Crippen LogP contribution in [0.1, 0.15) is 49.3 Å². The molecule has 1 aliphatic rings. The van der Waals surface area contributed by atoms with Gasteiger partial charge in [0, 0.05) is 0 Å². The Morgan fingerprint density at radius 3 is 1.96 bits per heavy atom. The molecular formula is C23H26N2O2. The van der Waals surface area contributed by atoms with Gasteiger partial charge in [0.1, 0.15) is 5.75 Å². The van der Waals surface area contributed by atoms with Crippen molar-refractivity contribution in [3.8, 4) is 5.75 Å². The van der Waals surface area contributed by atoms with Crippen LogP contribution in [0, 0.1) is 18.8 Å². The van der Waals surface area contributed by atoms with E-state index in [2.05, 4.69) is 24.1 Å². The van der Waals surface area contributed by atoms with Crippen LogP contribution >= 0.6 is 0 Å². The second-order valence-corrected chi connectivity index (χ2v) is 7.35. The van der Waals surface area contributed by atoms with Crippen molar-refractivity contribution >= 4 is 18.4 Å². The SMILES string of the molecule is Cc1ccc(/C=N\N=C/c2ccc(OC(=O)C3CCC(C)CC3)cc2)cc1. The number of rotatable bonds is 5. The van der Waals surface area contributed by atoms with Crippen LogP contribution in [0.2, 0.25) is 0 Å². The zero-order valence-corrected chi connectivity index (χ0v) is 16.0. The summed E-state index contributed by atoms with van der Waals surface area (Å²) in [5, 5.41) is 8.13. The Hall–Kier alpha value is -2.75. The molecule has 2 aromatic rings. The zero-order valence-electron chi connectivity index (χ0n) is 16.0. The number of carbonyl (C=O) groups excluding carboxylic acids is 1. The first-order valence-electron chi connectivity index (χ1n) is 9.55. The summed E-state index contributed by atoms with van der Waals surface area (Å²) < 4.78 is 5.52. The maximum atomic E-state index is 12.3. The number of carbonyl (C=O) groups is 1. The maximum Gasteiger partial charge on any atom is 0.314 e.